The SMILES string of the molecule is CCOc1ccc(C(C)NS(=O)(=O)c2ccc([N+](=O)[O-])cc2)cc1OCC. The zero-order valence-electron chi connectivity index (χ0n) is 15.3. The van der Waals surface area contributed by atoms with Crippen LogP contribution in [0.3, 0.4) is 0 Å². The van der Waals surface area contributed by atoms with E-state index in [9.17, 15) is 18.5 Å². The first-order chi connectivity index (χ1) is 12.8. The van der Waals surface area contributed by atoms with Crippen LogP contribution in [0.25, 0.3) is 0 Å². The van der Waals surface area contributed by atoms with Gasteiger partial charge in [-0.15, -0.1) is 0 Å². The van der Waals surface area contributed by atoms with Gasteiger partial charge >= 0.3 is 0 Å². The molecule has 0 saturated carbocycles. The van der Waals surface area contributed by atoms with Crippen LogP contribution in [-0.2, 0) is 10.0 Å². The summed E-state index contributed by atoms with van der Waals surface area (Å²) in [5, 5.41) is 10.7. The Morgan fingerprint density at radius 1 is 1.04 bits per heavy atom. The smallest absolute Gasteiger partial charge is 0.269 e. The Morgan fingerprint density at radius 3 is 2.19 bits per heavy atom. The van der Waals surface area contributed by atoms with Crippen molar-refractivity contribution in [3.8, 4) is 11.5 Å². The van der Waals surface area contributed by atoms with E-state index in [0.717, 1.165) is 12.1 Å². The quantitative estimate of drug-likeness (QED) is 0.516. The lowest BCUT2D eigenvalue weighted by Crippen LogP contribution is -2.27. The number of nitro groups is 1. The van der Waals surface area contributed by atoms with Crippen molar-refractivity contribution in [3.05, 3.63) is 58.1 Å². The molecule has 0 amide bonds. The second-order valence-corrected chi connectivity index (χ2v) is 7.38. The minimum Gasteiger partial charge on any atom is -0.490 e. The first kappa shape index (κ1) is 20.7. The predicted octanol–water partition coefficient (Wildman–Crippen LogP) is 3.43. The summed E-state index contributed by atoms with van der Waals surface area (Å²) in [5.74, 6) is 1.13. The molecule has 0 aliphatic carbocycles. The average Bonchev–Trinajstić information content (AvgIpc) is 2.63. The van der Waals surface area contributed by atoms with Crippen LogP contribution in [0.5, 0.6) is 11.5 Å². The van der Waals surface area contributed by atoms with Crippen LogP contribution in [0.4, 0.5) is 5.69 Å². The van der Waals surface area contributed by atoms with Gasteiger partial charge in [-0.2, -0.15) is 0 Å². The fourth-order valence-corrected chi connectivity index (χ4v) is 3.68. The topological polar surface area (TPSA) is 108 Å². The van der Waals surface area contributed by atoms with Crippen molar-refractivity contribution in [1.29, 1.82) is 0 Å². The summed E-state index contributed by atoms with van der Waals surface area (Å²) in [7, 11) is -3.84. The maximum Gasteiger partial charge on any atom is 0.269 e. The molecule has 2 aromatic carbocycles. The van der Waals surface area contributed by atoms with Crippen molar-refractivity contribution in [2.45, 2.75) is 31.7 Å². The van der Waals surface area contributed by atoms with Gasteiger partial charge in [-0.3, -0.25) is 10.1 Å². The van der Waals surface area contributed by atoms with E-state index >= 15 is 0 Å². The number of ether oxygens (including phenoxy) is 2. The standard InChI is InChI=1S/C18H22N2O6S/c1-4-25-17-11-6-14(12-18(17)26-5-2)13(3)19-27(23,24)16-9-7-15(8-10-16)20(21)22/h6-13,19H,4-5H2,1-3H3. The first-order valence-corrected chi connectivity index (χ1v) is 9.93. The molecule has 0 fully saturated rings. The Kier molecular flexibility index (Phi) is 6.75. The molecule has 2 rings (SSSR count). The largest absolute Gasteiger partial charge is 0.490 e. The molecule has 0 spiro atoms. The van der Waals surface area contributed by atoms with Crippen LogP contribution in [0.15, 0.2) is 47.4 Å². The third kappa shape index (κ3) is 5.18. The predicted molar refractivity (Wildman–Crippen MR) is 101 cm³/mol. The highest BCUT2D eigenvalue weighted by Gasteiger charge is 2.20. The Labute approximate surface area is 158 Å². The molecule has 146 valence electrons. The number of benzene rings is 2. The van der Waals surface area contributed by atoms with E-state index in [1.54, 1.807) is 25.1 Å². The van der Waals surface area contributed by atoms with Crippen molar-refractivity contribution in [2.75, 3.05) is 13.2 Å². The minimum absolute atomic E-state index is 0.0454. The molecule has 0 aliphatic rings. The van der Waals surface area contributed by atoms with E-state index in [2.05, 4.69) is 4.72 Å². The molecule has 1 N–H and O–H groups in total. The fourth-order valence-electron chi connectivity index (χ4n) is 2.45. The lowest BCUT2D eigenvalue weighted by atomic mass is 10.1. The Balaban J connectivity index is 2.23. The van der Waals surface area contributed by atoms with E-state index in [1.807, 2.05) is 13.8 Å². The molecule has 0 aromatic heterocycles. The van der Waals surface area contributed by atoms with Crippen LogP contribution in [0.2, 0.25) is 0 Å². The monoisotopic (exact) mass is 394 g/mol. The van der Waals surface area contributed by atoms with Crippen LogP contribution in [0, 0.1) is 10.1 Å². The molecule has 0 bridgehead atoms. The summed E-state index contributed by atoms with van der Waals surface area (Å²) in [4.78, 5) is 10.1. The van der Waals surface area contributed by atoms with E-state index in [-0.39, 0.29) is 10.6 Å². The number of nitro benzene ring substituents is 1. The zero-order chi connectivity index (χ0) is 20.0. The molecule has 1 atom stereocenters. The molecule has 0 heterocycles. The lowest BCUT2D eigenvalue weighted by Gasteiger charge is -2.17. The fraction of sp³-hybridized carbons (Fsp3) is 0.333. The van der Waals surface area contributed by atoms with Gasteiger partial charge in [0.2, 0.25) is 10.0 Å². The number of nitrogens with one attached hydrogen (secondary N) is 1. The van der Waals surface area contributed by atoms with Crippen LogP contribution in [0.1, 0.15) is 32.4 Å². The van der Waals surface area contributed by atoms with Gasteiger partial charge in [0.15, 0.2) is 11.5 Å². The highest BCUT2D eigenvalue weighted by atomic mass is 32.2. The lowest BCUT2D eigenvalue weighted by molar-refractivity contribution is -0.384. The molecule has 0 aliphatic heterocycles. The van der Waals surface area contributed by atoms with E-state index in [1.165, 1.54) is 12.1 Å². The molecule has 1 unspecified atom stereocenters. The average molecular weight is 394 g/mol. The van der Waals surface area contributed by atoms with Crippen molar-refractivity contribution in [2.24, 2.45) is 0 Å². The van der Waals surface area contributed by atoms with Crippen molar-refractivity contribution in [3.63, 3.8) is 0 Å². The first-order valence-electron chi connectivity index (χ1n) is 8.44. The van der Waals surface area contributed by atoms with Gasteiger partial charge < -0.3 is 9.47 Å². The number of hydrogen-bond acceptors (Lipinski definition) is 6. The van der Waals surface area contributed by atoms with Crippen molar-refractivity contribution >= 4 is 15.7 Å². The normalized spacial score (nSPS) is 12.4. The van der Waals surface area contributed by atoms with E-state index in [4.69, 9.17) is 9.47 Å². The second-order valence-electron chi connectivity index (χ2n) is 5.67. The zero-order valence-corrected chi connectivity index (χ0v) is 16.2. The van der Waals surface area contributed by atoms with Gasteiger partial charge in [-0.05, 0) is 50.6 Å². The summed E-state index contributed by atoms with van der Waals surface area (Å²) < 4.78 is 38.7. The van der Waals surface area contributed by atoms with Gasteiger partial charge in [0.05, 0.1) is 23.0 Å². The highest BCUT2D eigenvalue weighted by Crippen LogP contribution is 2.31. The Hall–Kier alpha value is -2.65. The van der Waals surface area contributed by atoms with Crippen LogP contribution in [-0.4, -0.2) is 26.6 Å². The second kappa shape index (κ2) is 8.83. The van der Waals surface area contributed by atoms with Crippen molar-refractivity contribution in [1.82, 2.24) is 4.72 Å². The van der Waals surface area contributed by atoms with Gasteiger partial charge in [-0.25, -0.2) is 13.1 Å². The number of sulfonamides is 1. The van der Waals surface area contributed by atoms with Gasteiger partial charge in [0.1, 0.15) is 0 Å². The van der Waals surface area contributed by atoms with Gasteiger partial charge in [-0.1, -0.05) is 6.07 Å². The minimum atomic E-state index is -3.84. The van der Waals surface area contributed by atoms with Crippen LogP contribution >= 0.6 is 0 Å². The van der Waals surface area contributed by atoms with E-state index < -0.39 is 21.0 Å². The maximum atomic E-state index is 12.5. The summed E-state index contributed by atoms with van der Waals surface area (Å²) in [6, 6.07) is 9.41. The van der Waals surface area contributed by atoms with Crippen LogP contribution < -0.4 is 14.2 Å². The van der Waals surface area contributed by atoms with Crippen molar-refractivity contribution < 1.29 is 22.8 Å². The Morgan fingerprint density at radius 2 is 1.63 bits per heavy atom. The molecule has 8 nitrogen and oxygen atoms in total. The van der Waals surface area contributed by atoms with Gasteiger partial charge in [0.25, 0.3) is 5.69 Å². The molecule has 27 heavy (non-hydrogen) atoms. The summed E-state index contributed by atoms with van der Waals surface area (Å²) in [5.41, 5.74) is 0.530. The highest BCUT2D eigenvalue weighted by molar-refractivity contribution is 7.89. The number of nitrogens with zero attached hydrogens (tertiary/aromatic N) is 1. The number of rotatable bonds is 9. The third-order valence-corrected chi connectivity index (χ3v) is 5.31. The number of hydrogen-bond donors (Lipinski definition) is 1. The molecule has 0 saturated heterocycles. The third-order valence-electron chi connectivity index (χ3n) is 3.76. The Bertz CT molecular complexity index is 897. The molecule has 2 aromatic rings. The summed E-state index contributed by atoms with van der Waals surface area (Å²) in [6.07, 6.45) is 0. The maximum absolute atomic E-state index is 12.5. The number of non-ortho nitro benzene ring substituents is 1. The molecule has 9 heteroatoms. The molecular weight excluding hydrogens is 372 g/mol. The molecule has 0 radical (unpaired) electrons. The van der Waals surface area contributed by atoms with E-state index in [0.29, 0.717) is 30.3 Å². The summed E-state index contributed by atoms with van der Waals surface area (Å²) >= 11 is 0. The molecular formula is C18H22N2O6S. The summed E-state index contributed by atoms with van der Waals surface area (Å²) in [6.45, 7) is 6.36. The van der Waals surface area contributed by atoms with Gasteiger partial charge in [0, 0.05) is 18.2 Å².